The Morgan fingerprint density at radius 3 is 2.44 bits per heavy atom. The van der Waals surface area contributed by atoms with Gasteiger partial charge in [0.25, 0.3) is 0 Å². The Hall–Kier alpha value is -2.73. The van der Waals surface area contributed by atoms with Crippen LogP contribution in [-0.4, -0.2) is 6.09 Å². The number of amides is 1. The molecule has 0 radical (unpaired) electrons. The molecule has 2 rings (SSSR count). The van der Waals surface area contributed by atoms with Crippen molar-refractivity contribution in [3.8, 4) is 29.3 Å². The molecule has 0 heterocycles. The van der Waals surface area contributed by atoms with Crippen LogP contribution in [0.1, 0.15) is 0 Å². The molecule has 0 spiro atoms. The number of rotatable bonds is 2. The zero-order valence-corrected chi connectivity index (χ0v) is 9.59. The highest BCUT2D eigenvalue weighted by Gasteiger charge is 2.08. The molecule has 0 saturated heterocycles. The molecule has 0 bridgehead atoms. The maximum atomic E-state index is 11.3. The maximum absolute atomic E-state index is 11.3. The van der Waals surface area contributed by atoms with Crippen molar-refractivity contribution in [2.24, 2.45) is 0 Å². The quantitative estimate of drug-likeness (QED) is 0.644. The van der Waals surface area contributed by atoms with E-state index in [1.807, 2.05) is 48.5 Å². The molecule has 2 aromatic rings. The summed E-state index contributed by atoms with van der Waals surface area (Å²) < 4.78 is 5.15. The molecule has 88 valence electrons. The number of benzene rings is 2. The summed E-state index contributed by atoms with van der Waals surface area (Å²) in [7, 11) is 0. The van der Waals surface area contributed by atoms with E-state index < -0.39 is 6.09 Å². The normalized spacial score (nSPS) is 9.28. The topological polar surface area (TPSA) is 38.3 Å². The summed E-state index contributed by atoms with van der Waals surface area (Å²) in [5, 5.41) is 2.14. The number of para-hydroxylation sites is 1. The summed E-state index contributed by atoms with van der Waals surface area (Å²) in [5.74, 6) is 0.469. The monoisotopic (exact) mass is 237 g/mol. The SMILES string of the molecule is C#CNC(=O)Oc1ccccc1-c1ccccc1. The third kappa shape index (κ3) is 2.69. The fourth-order valence-electron chi connectivity index (χ4n) is 1.60. The molecular weight excluding hydrogens is 226 g/mol. The summed E-state index contributed by atoms with van der Waals surface area (Å²) in [5.41, 5.74) is 1.81. The van der Waals surface area contributed by atoms with Gasteiger partial charge >= 0.3 is 6.09 Å². The van der Waals surface area contributed by atoms with Crippen LogP contribution in [0.25, 0.3) is 11.1 Å². The number of hydrogen-bond donors (Lipinski definition) is 1. The van der Waals surface area contributed by atoms with Crippen molar-refractivity contribution in [1.29, 1.82) is 0 Å². The minimum Gasteiger partial charge on any atom is -0.409 e. The van der Waals surface area contributed by atoms with Gasteiger partial charge in [-0.1, -0.05) is 55.0 Å². The fourth-order valence-corrected chi connectivity index (χ4v) is 1.60. The minimum absolute atomic E-state index is 0.469. The lowest BCUT2D eigenvalue weighted by Gasteiger charge is -2.09. The van der Waals surface area contributed by atoms with E-state index in [9.17, 15) is 4.79 Å². The van der Waals surface area contributed by atoms with Crippen molar-refractivity contribution in [3.05, 3.63) is 54.6 Å². The van der Waals surface area contributed by atoms with Gasteiger partial charge in [0.15, 0.2) is 0 Å². The van der Waals surface area contributed by atoms with Crippen LogP contribution < -0.4 is 10.1 Å². The van der Waals surface area contributed by atoms with Crippen molar-refractivity contribution in [2.45, 2.75) is 0 Å². The van der Waals surface area contributed by atoms with E-state index in [0.717, 1.165) is 11.1 Å². The number of hydrogen-bond acceptors (Lipinski definition) is 2. The van der Waals surface area contributed by atoms with E-state index >= 15 is 0 Å². The van der Waals surface area contributed by atoms with Gasteiger partial charge in [0, 0.05) is 11.6 Å². The molecule has 3 nitrogen and oxygen atoms in total. The number of carbonyl (C=O) groups excluding carboxylic acids is 1. The van der Waals surface area contributed by atoms with Crippen molar-refractivity contribution >= 4 is 6.09 Å². The molecule has 0 fully saturated rings. The van der Waals surface area contributed by atoms with Crippen LogP contribution in [0.3, 0.4) is 0 Å². The molecule has 0 aliphatic heterocycles. The second-order valence-corrected chi connectivity index (χ2v) is 3.52. The van der Waals surface area contributed by atoms with Crippen LogP contribution >= 0.6 is 0 Å². The third-order valence-electron chi connectivity index (χ3n) is 2.35. The number of ether oxygens (including phenoxy) is 1. The standard InChI is InChI=1S/C15H11NO2/c1-2-16-15(17)18-14-11-7-6-10-13(14)12-8-4-3-5-9-12/h1,3-11H,(H,16,17). The smallest absolute Gasteiger partial charge is 0.409 e. The Bertz CT molecular complexity index is 585. The highest BCUT2D eigenvalue weighted by molar-refractivity contribution is 5.77. The van der Waals surface area contributed by atoms with E-state index in [4.69, 9.17) is 11.2 Å². The molecule has 0 aliphatic rings. The molecule has 0 unspecified atom stereocenters. The second kappa shape index (κ2) is 5.55. The van der Waals surface area contributed by atoms with Crippen LogP contribution in [0.2, 0.25) is 0 Å². The first kappa shape index (κ1) is 11.7. The first-order chi connectivity index (χ1) is 8.81. The number of carbonyl (C=O) groups is 1. The summed E-state index contributed by atoms with van der Waals surface area (Å²) in [4.78, 5) is 11.3. The molecule has 0 aliphatic carbocycles. The van der Waals surface area contributed by atoms with E-state index in [0.29, 0.717) is 5.75 Å². The Labute approximate surface area is 105 Å². The summed E-state index contributed by atoms with van der Waals surface area (Å²) in [6.07, 6.45) is 4.30. The van der Waals surface area contributed by atoms with Gasteiger partial charge in [0.05, 0.1) is 0 Å². The Morgan fingerprint density at radius 2 is 1.72 bits per heavy atom. The van der Waals surface area contributed by atoms with Gasteiger partial charge in [0.1, 0.15) is 5.75 Å². The average Bonchev–Trinajstić information content (AvgIpc) is 2.40. The largest absolute Gasteiger partial charge is 0.424 e. The second-order valence-electron chi connectivity index (χ2n) is 3.52. The highest BCUT2D eigenvalue weighted by Crippen LogP contribution is 2.29. The summed E-state index contributed by atoms with van der Waals surface area (Å²) in [6, 6.07) is 19.0. The predicted octanol–water partition coefficient (Wildman–Crippen LogP) is 3.03. The van der Waals surface area contributed by atoms with Gasteiger partial charge < -0.3 is 4.74 Å². The molecule has 1 N–H and O–H groups in total. The molecule has 1 amide bonds. The lowest BCUT2D eigenvalue weighted by Crippen LogP contribution is -2.21. The number of terminal acetylenes is 1. The van der Waals surface area contributed by atoms with E-state index in [-0.39, 0.29) is 0 Å². The van der Waals surface area contributed by atoms with Crippen LogP contribution in [-0.2, 0) is 0 Å². The molecule has 0 saturated carbocycles. The fraction of sp³-hybridized carbons (Fsp3) is 0. The third-order valence-corrected chi connectivity index (χ3v) is 2.35. The Balaban J connectivity index is 2.32. The number of nitrogens with one attached hydrogen (secondary N) is 1. The minimum atomic E-state index is -0.666. The van der Waals surface area contributed by atoms with E-state index in [2.05, 4.69) is 5.32 Å². The molecule has 2 aromatic carbocycles. The average molecular weight is 237 g/mol. The first-order valence-electron chi connectivity index (χ1n) is 5.39. The van der Waals surface area contributed by atoms with Crippen LogP contribution in [0.5, 0.6) is 5.75 Å². The summed E-state index contributed by atoms with van der Waals surface area (Å²) in [6.45, 7) is 0. The zero-order chi connectivity index (χ0) is 12.8. The van der Waals surface area contributed by atoms with Crippen LogP contribution in [0, 0.1) is 12.5 Å². The molecule has 0 aromatic heterocycles. The van der Waals surface area contributed by atoms with E-state index in [1.54, 1.807) is 12.1 Å². The van der Waals surface area contributed by atoms with Crippen LogP contribution in [0.15, 0.2) is 54.6 Å². The molecular formula is C15H11NO2. The van der Waals surface area contributed by atoms with Crippen molar-refractivity contribution in [3.63, 3.8) is 0 Å². The lowest BCUT2D eigenvalue weighted by atomic mass is 10.1. The van der Waals surface area contributed by atoms with Gasteiger partial charge in [-0.2, -0.15) is 0 Å². The molecule has 0 atom stereocenters. The van der Waals surface area contributed by atoms with Crippen LogP contribution in [0.4, 0.5) is 4.79 Å². The molecule has 18 heavy (non-hydrogen) atoms. The van der Waals surface area contributed by atoms with Crippen molar-refractivity contribution in [2.75, 3.05) is 0 Å². The zero-order valence-electron chi connectivity index (χ0n) is 9.59. The van der Waals surface area contributed by atoms with Crippen molar-refractivity contribution < 1.29 is 9.53 Å². The first-order valence-corrected chi connectivity index (χ1v) is 5.39. The predicted molar refractivity (Wildman–Crippen MR) is 69.9 cm³/mol. The van der Waals surface area contributed by atoms with Gasteiger partial charge in [0.2, 0.25) is 0 Å². The van der Waals surface area contributed by atoms with Gasteiger partial charge in [-0.3, -0.25) is 0 Å². The van der Waals surface area contributed by atoms with Crippen molar-refractivity contribution in [1.82, 2.24) is 5.32 Å². The van der Waals surface area contributed by atoms with Gasteiger partial charge in [-0.05, 0) is 11.6 Å². The van der Waals surface area contributed by atoms with Gasteiger partial charge in [-0.25, -0.2) is 10.1 Å². The highest BCUT2D eigenvalue weighted by atomic mass is 16.6. The lowest BCUT2D eigenvalue weighted by molar-refractivity contribution is 0.205. The maximum Gasteiger partial charge on any atom is 0.424 e. The summed E-state index contributed by atoms with van der Waals surface area (Å²) >= 11 is 0. The van der Waals surface area contributed by atoms with E-state index in [1.165, 1.54) is 0 Å². The van der Waals surface area contributed by atoms with Gasteiger partial charge in [-0.15, -0.1) is 0 Å². The Kier molecular flexibility index (Phi) is 3.62. The Morgan fingerprint density at radius 1 is 1.06 bits per heavy atom. The molecule has 3 heteroatoms.